The van der Waals surface area contributed by atoms with Crippen molar-refractivity contribution in [2.75, 3.05) is 18.0 Å². The lowest BCUT2D eigenvalue weighted by Crippen LogP contribution is -2.30. The van der Waals surface area contributed by atoms with Crippen LogP contribution in [0.2, 0.25) is 0 Å². The average Bonchev–Trinajstić information content (AvgIpc) is 2.81. The Morgan fingerprint density at radius 1 is 1.23 bits per heavy atom. The van der Waals surface area contributed by atoms with E-state index in [9.17, 15) is 17.6 Å². The highest BCUT2D eigenvalue weighted by Gasteiger charge is 2.44. The SMILES string of the molecule is CCOC(=O)C[C@H]1c2cc(F)ccc2S(=O)(=O)N1c1cccc(OC)c1. The molecule has 2 aromatic rings. The second-order valence-corrected chi connectivity index (χ2v) is 7.49. The van der Waals surface area contributed by atoms with Gasteiger partial charge in [-0.25, -0.2) is 12.8 Å². The molecule has 0 N–H and O–H groups in total. The van der Waals surface area contributed by atoms with Gasteiger partial charge in [-0.3, -0.25) is 9.10 Å². The van der Waals surface area contributed by atoms with Crippen molar-refractivity contribution >= 4 is 21.7 Å². The lowest BCUT2D eigenvalue weighted by Gasteiger charge is -2.25. The van der Waals surface area contributed by atoms with Gasteiger partial charge in [0.2, 0.25) is 0 Å². The van der Waals surface area contributed by atoms with Crippen LogP contribution in [-0.4, -0.2) is 28.1 Å². The molecule has 0 aliphatic carbocycles. The first-order valence-corrected chi connectivity index (χ1v) is 9.46. The minimum Gasteiger partial charge on any atom is -0.497 e. The van der Waals surface area contributed by atoms with E-state index in [1.54, 1.807) is 31.2 Å². The summed E-state index contributed by atoms with van der Waals surface area (Å²) in [7, 11) is -2.48. The van der Waals surface area contributed by atoms with E-state index in [4.69, 9.17) is 9.47 Å². The largest absolute Gasteiger partial charge is 0.497 e. The molecule has 0 bridgehead atoms. The van der Waals surface area contributed by atoms with Gasteiger partial charge in [-0.05, 0) is 42.8 Å². The molecule has 0 aromatic heterocycles. The van der Waals surface area contributed by atoms with E-state index in [1.807, 2.05) is 0 Å². The smallest absolute Gasteiger partial charge is 0.308 e. The number of hydrogen-bond acceptors (Lipinski definition) is 5. The Kier molecular flexibility index (Phi) is 4.86. The summed E-state index contributed by atoms with van der Waals surface area (Å²) in [6.45, 7) is 1.84. The fraction of sp³-hybridized carbons (Fsp3) is 0.278. The monoisotopic (exact) mass is 379 g/mol. The number of methoxy groups -OCH3 is 1. The summed E-state index contributed by atoms with van der Waals surface area (Å²) in [6.07, 6.45) is -0.221. The average molecular weight is 379 g/mol. The molecule has 0 saturated heterocycles. The maximum absolute atomic E-state index is 13.8. The third-order valence-electron chi connectivity index (χ3n) is 4.12. The summed E-state index contributed by atoms with van der Waals surface area (Å²) < 4.78 is 51.1. The van der Waals surface area contributed by atoms with Crippen LogP contribution in [0.1, 0.15) is 24.9 Å². The van der Waals surface area contributed by atoms with Crippen molar-refractivity contribution in [2.24, 2.45) is 0 Å². The number of carbonyl (C=O) groups is 1. The van der Waals surface area contributed by atoms with Gasteiger partial charge < -0.3 is 9.47 Å². The van der Waals surface area contributed by atoms with Gasteiger partial charge in [0, 0.05) is 6.07 Å². The number of nitrogens with zero attached hydrogens (tertiary/aromatic N) is 1. The topological polar surface area (TPSA) is 72.9 Å². The maximum atomic E-state index is 13.8. The summed E-state index contributed by atoms with van der Waals surface area (Å²) in [6, 6.07) is 9.05. The van der Waals surface area contributed by atoms with Crippen molar-refractivity contribution in [2.45, 2.75) is 24.3 Å². The van der Waals surface area contributed by atoms with Gasteiger partial charge in [0.05, 0.1) is 36.8 Å². The Balaban J connectivity index is 2.14. The number of ether oxygens (including phenoxy) is 2. The first-order chi connectivity index (χ1) is 12.4. The van der Waals surface area contributed by atoms with Crippen LogP contribution in [0.5, 0.6) is 5.75 Å². The van der Waals surface area contributed by atoms with Crippen LogP contribution in [0.25, 0.3) is 0 Å². The Labute approximate surface area is 151 Å². The van der Waals surface area contributed by atoms with Gasteiger partial charge in [-0.15, -0.1) is 0 Å². The number of esters is 1. The number of fused-ring (bicyclic) bond motifs is 1. The molecule has 0 fully saturated rings. The molecule has 1 heterocycles. The summed E-state index contributed by atoms with van der Waals surface area (Å²) in [5, 5.41) is 0. The molecular weight excluding hydrogens is 361 g/mol. The van der Waals surface area contributed by atoms with Crippen LogP contribution in [0.15, 0.2) is 47.4 Å². The van der Waals surface area contributed by atoms with Crippen molar-refractivity contribution in [1.29, 1.82) is 0 Å². The van der Waals surface area contributed by atoms with Gasteiger partial charge in [0.25, 0.3) is 10.0 Å². The summed E-state index contributed by atoms with van der Waals surface area (Å²) in [4.78, 5) is 12.0. The summed E-state index contributed by atoms with van der Waals surface area (Å²) >= 11 is 0. The normalized spacial score (nSPS) is 17.7. The second kappa shape index (κ2) is 6.95. The third kappa shape index (κ3) is 3.12. The van der Waals surface area contributed by atoms with E-state index in [0.717, 1.165) is 16.4 Å². The van der Waals surface area contributed by atoms with Crippen LogP contribution in [0, 0.1) is 5.82 Å². The molecule has 0 amide bonds. The quantitative estimate of drug-likeness (QED) is 0.747. The van der Waals surface area contributed by atoms with E-state index in [0.29, 0.717) is 11.4 Å². The molecule has 1 aliphatic rings. The minimum atomic E-state index is -3.95. The predicted molar refractivity (Wildman–Crippen MR) is 93.0 cm³/mol. The molecule has 138 valence electrons. The number of benzene rings is 2. The highest BCUT2D eigenvalue weighted by Crippen LogP contribution is 2.45. The zero-order valence-electron chi connectivity index (χ0n) is 14.3. The number of rotatable bonds is 5. The number of carbonyl (C=O) groups excluding carboxylic acids is 1. The molecule has 0 saturated carbocycles. The van der Waals surface area contributed by atoms with E-state index in [-0.39, 0.29) is 23.5 Å². The van der Waals surface area contributed by atoms with E-state index in [2.05, 4.69) is 0 Å². The van der Waals surface area contributed by atoms with E-state index < -0.39 is 27.9 Å². The van der Waals surface area contributed by atoms with Gasteiger partial charge in [0.1, 0.15) is 11.6 Å². The Bertz CT molecular complexity index is 944. The molecule has 26 heavy (non-hydrogen) atoms. The van der Waals surface area contributed by atoms with Crippen molar-refractivity contribution in [3.05, 3.63) is 53.8 Å². The fourth-order valence-electron chi connectivity index (χ4n) is 3.05. The maximum Gasteiger partial charge on any atom is 0.308 e. The zero-order chi connectivity index (χ0) is 18.9. The van der Waals surface area contributed by atoms with Gasteiger partial charge in [0.15, 0.2) is 0 Å². The third-order valence-corrected chi connectivity index (χ3v) is 6.03. The van der Waals surface area contributed by atoms with Crippen molar-refractivity contribution in [1.82, 2.24) is 0 Å². The molecule has 0 radical (unpaired) electrons. The molecule has 8 heteroatoms. The summed E-state index contributed by atoms with van der Waals surface area (Å²) in [5.41, 5.74) is 0.566. The van der Waals surface area contributed by atoms with Crippen molar-refractivity contribution in [3.8, 4) is 5.75 Å². The first-order valence-electron chi connectivity index (χ1n) is 8.02. The van der Waals surface area contributed by atoms with Crippen LogP contribution >= 0.6 is 0 Å². The predicted octanol–water partition coefficient (Wildman–Crippen LogP) is 3.04. The Hall–Kier alpha value is -2.61. The molecule has 3 rings (SSSR count). The molecule has 0 spiro atoms. The second-order valence-electron chi connectivity index (χ2n) is 5.71. The molecule has 1 aliphatic heterocycles. The molecule has 2 aromatic carbocycles. The van der Waals surface area contributed by atoms with Gasteiger partial charge >= 0.3 is 5.97 Å². The number of halogens is 1. The lowest BCUT2D eigenvalue weighted by atomic mass is 10.0. The lowest BCUT2D eigenvalue weighted by molar-refractivity contribution is -0.143. The minimum absolute atomic E-state index is 0.0176. The Morgan fingerprint density at radius 3 is 2.69 bits per heavy atom. The van der Waals surface area contributed by atoms with Crippen LogP contribution in [-0.2, 0) is 19.6 Å². The van der Waals surface area contributed by atoms with Gasteiger partial charge in [-0.1, -0.05) is 6.07 Å². The van der Waals surface area contributed by atoms with Crippen LogP contribution in [0.4, 0.5) is 10.1 Å². The standard InChI is InChI=1S/C18H18FNO5S/c1-3-25-18(21)11-16-15-9-12(19)7-8-17(15)26(22,23)20(16)13-5-4-6-14(10-13)24-2/h4-10,16H,3,11H2,1-2H3/t16-/m0/s1. The molecule has 1 atom stereocenters. The molecule has 0 unspecified atom stereocenters. The highest BCUT2D eigenvalue weighted by atomic mass is 32.2. The first kappa shape index (κ1) is 18.2. The molecule has 6 nitrogen and oxygen atoms in total. The fourth-order valence-corrected chi connectivity index (χ4v) is 4.91. The number of anilines is 1. The zero-order valence-corrected chi connectivity index (χ0v) is 15.1. The number of sulfonamides is 1. The Morgan fingerprint density at radius 2 is 2.00 bits per heavy atom. The van der Waals surface area contributed by atoms with Crippen molar-refractivity contribution < 1.29 is 27.1 Å². The molecular formula is C18H18FNO5S. The van der Waals surface area contributed by atoms with E-state index in [1.165, 1.54) is 13.2 Å². The van der Waals surface area contributed by atoms with Crippen molar-refractivity contribution in [3.63, 3.8) is 0 Å². The van der Waals surface area contributed by atoms with E-state index >= 15 is 0 Å². The van der Waals surface area contributed by atoms with Gasteiger partial charge in [-0.2, -0.15) is 0 Å². The highest BCUT2D eigenvalue weighted by molar-refractivity contribution is 7.93. The number of hydrogen-bond donors (Lipinski definition) is 0. The summed E-state index contributed by atoms with van der Waals surface area (Å²) in [5.74, 6) is -0.660. The van der Waals surface area contributed by atoms with Crippen LogP contribution in [0.3, 0.4) is 0 Å². The van der Waals surface area contributed by atoms with Crippen LogP contribution < -0.4 is 9.04 Å².